The fraction of sp³-hybridized carbons (Fsp3) is 0.692. The number of nitrogens with one attached hydrogen (secondary N) is 1. The van der Waals surface area contributed by atoms with E-state index in [1.165, 1.54) is 0 Å². The van der Waals surface area contributed by atoms with Crippen molar-refractivity contribution in [1.29, 1.82) is 0 Å². The molecule has 2 rings (SSSR count). The van der Waals surface area contributed by atoms with Crippen LogP contribution >= 0.6 is 0 Å². The number of rotatable bonds is 4. The van der Waals surface area contributed by atoms with E-state index >= 15 is 0 Å². The summed E-state index contributed by atoms with van der Waals surface area (Å²) in [6, 6.07) is 0. The predicted octanol–water partition coefficient (Wildman–Crippen LogP) is -0.117. The van der Waals surface area contributed by atoms with Crippen LogP contribution in [-0.2, 0) is 0 Å². The molecule has 0 unspecified atom stereocenters. The minimum Gasteiger partial charge on any atom is -0.395 e. The Morgan fingerprint density at radius 1 is 1.20 bits per heavy atom. The van der Waals surface area contributed by atoms with E-state index in [1.54, 1.807) is 0 Å². The van der Waals surface area contributed by atoms with E-state index in [2.05, 4.69) is 25.2 Å². The van der Waals surface area contributed by atoms with Gasteiger partial charge in [0.1, 0.15) is 17.5 Å². The summed E-state index contributed by atoms with van der Waals surface area (Å²) >= 11 is 0. The molecule has 7 nitrogen and oxygen atoms in total. The van der Waals surface area contributed by atoms with Gasteiger partial charge in [-0.25, -0.2) is 15.8 Å². The molecular weight excluding hydrogens is 256 g/mol. The average molecular weight is 280 g/mol. The molecule has 0 aromatic carbocycles. The van der Waals surface area contributed by atoms with Crippen molar-refractivity contribution >= 4 is 11.6 Å². The number of anilines is 2. The molecule has 1 fully saturated rings. The fourth-order valence-corrected chi connectivity index (χ4v) is 2.61. The number of nitrogens with two attached hydrogens (primary N) is 1. The predicted molar refractivity (Wildman–Crippen MR) is 79.7 cm³/mol. The Labute approximate surface area is 119 Å². The zero-order chi connectivity index (χ0) is 14.5. The van der Waals surface area contributed by atoms with Gasteiger partial charge in [-0.3, -0.25) is 4.90 Å². The first-order valence-corrected chi connectivity index (χ1v) is 7.05. The van der Waals surface area contributed by atoms with Gasteiger partial charge < -0.3 is 15.4 Å². The highest BCUT2D eigenvalue weighted by Crippen LogP contribution is 2.23. The molecule has 4 N–H and O–H groups in total. The van der Waals surface area contributed by atoms with E-state index in [1.807, 2.05) is 13.8 Å². The molecular formula is C13H24N6O. The maximum atomic E-state index is 9.04. The topological polar surface area (TPSA) is 90.5 Å². The summed E-state index contributed by atoms with van der Waals surface area (Å²) in [7, 11) is 0. The second kappa shape index (κ2) is 6.83. The molecule has 0 radical (unpaired) electrons. The quantitative estimate of drug-likeness (QED) is 0.523. The Kier molecular flexibility index (Phi) is 5.11. The van der Waals surface area contributed by atoms with Crippen LogP contribution in [0.25, 0.3) is 0 Å². The fourth-order valence-electron chi connectivity index (χ4n) is 2.61. The van der Waals surface area contributed by atoms with Crippen molar-refractivity contribution in [1.82, 2.24) is 14.9 Å². The van der Waals surface area contributed by atoms with E-state index in [0.29, 0.717) is 5.82 Å². The molecule has 0 saturated carbocycles. The molecule has 0 aliphatic carbocycles. The molecule has 0 bridgehead atoms. The number of nitrogen functional groups attached to an aromatic ring is 1. The molecule has 7 heteroatoms. The van der Waals surface area contributed by atoms with Crippen molar-refractivity contribution in [3.8, 4) is 0 Å². The number of β-amino-alcohol motifs (C(OH)–C–C–N with tert-alkyl or cyclic N) is 1. The van der Waals surface area contributed by atoms with Gasteiger partial charge in [-0.15, -0.1) is 0 Å². The molecule has 1 aliphatic heterocycles. The van der Waals surface area contributed by atoms with E-state index in [4.69, 9.17) is 10.9 Å². The number of aliphatic hydroxyl groups excluding tert-OH is 1. The third-order valence-electron chi connectivity index (χ3n) is 3.67. The standard InChI is InChI=1S/C13H24N6O/c1-10-12(17-14)15-11(2)16-13(10)19-5-3-4-18(6-7-19)8-9-20/h20H,3-9,14H2,1-2H3,(H,15,16,17). The number of aliphatic hydroxyl groups is 1. The molecule has 1 saturated heterocycles. The Bertz CT molecular complexity index is 453. The second-order valence-electron chi connectivity index (χ2n) is 5.12. The van der Waals surface area contributed by atoms with Crippen LogP contribution in [0.15, 0.2) is 0 Å². The van der Waals surface area contributed by atoms with Crippen molar-refractivity contribution < 1.29 is 5.11 Å². The van der Waals surface area contributed by atoms with Gasteiger partial charge in [0.05, 0.1) is 6.61 Å². The zero-order valence-corrected chi connectivity index (χ0v) is 12.3. The van der Waals surface area contributed by atoms with Crippen LogP contribution in [0.5, 0.6) is 0 Å². The Balaban J connectivity index is 2.17. The lowest BCUT2D eigenvalue weighted by atomic mass is 10.2. The Morgan fingerprint density at radius 2 is 2.00 bits per heavy atom. The molecule has 112 valence electrons. The maximum absolute atomic E-state index is 9.04. The average Bonchev–Trinajstić information content (AvgIpc) is 2.67. The number of hydrogen-bond acceptors (Lipinski definition) is 7. The molecule has 1 aliphatic rings. The van der Waals surface area contributed by atoms with Crippen molar-refractivity contribution in [2.45, 2.75) is 20.3 Å². The van der Waals surface area contributed by atoms with Crippen LogP contribution in [0.1, 0.15) is 17.8 Å². The molecule has 2 heterocycles. The van der Waals surface area contributed by atoms with Crippen molar-refractivity contribution in [2.24, 2.45) is 5.84 Å². The van der Waals surface area contributed by atoms with E-state index in [9.17, 15) is 0 Å². The van der Waals surface area contributed by atoms with Crippen molar-refractivity contribution in [3.05, 3.63) is 11.4 Å². The smallest absolute Gasteiger partial charge is 0.148 e. The van der Waals surface area contributed by atoms with Crippen LogP contribution in [0.4, 0.5) is 11.6 Å². The van der Waals surface area contributed by atoms with Crippen molar-refractivity contribution in [3.63, 3.8) is 0 Å². The second-order valence-corrected chi connectivity index (χ2v) is 5.12. The van der Waals surface area contributed by atoms with Crippen LogP contribution in [0.3, 0.4) is 0 Å². The number of hydrogen-bond donors (Lipinski definition) is 3. The highest BCUT2D eigenvalue weighted by Gasteiger charge is 2.19. The lowest BCUT2D eigenvalue weighted by Crippen LogP contribution is -2.33. The monoisotopic (exact) mass is 280 g/mol. The first kappa shape index (κ1) is 15.0. The van der Waals surface area contributed by atoms with Gasteiger partial charge in [-0.2, -0.15) is 0 Å². The molecule has 1 aromatic heterocycles. The van der Waals surface area contributed by atoms with Gasteiger partial charge in [-0.1, -0.05) is 0 Å². The van der Waals surface area contributed by atoms with Crippen molar-refractivity contribution in [2.75, 3.05) is 49.7 Å². The molecule has 0 amide bonds. The summed E-state index contributed by atoms with van der Waals surface area (Å²) < 4.78 is 0. The number of hydrazine groups is 1. The molecule has 0 spiro atoms. The van der Waals surface area contributed by atoms with E-state index < -0.39 is 0 Å². The Hall–Kier alpha value is -1.44. The summed E-state index contributed by atoms with van der Waals surface area (Å²) in [5, 5.41) is 9.04. The van der Waals surface area contributed by atoms with Gasteiger partial charge >= 0.3 is 0 Å². The lowest BCUT2D eigenvalue weighted by Gasteiger charge is -2.25. The summed E-state index contributed by atoms with van der Waals surface area (Å²) in [5.41, 5.74) is 3.62. The zero-order valence-electron chi connectivity index (χ0n) is 12.3. The third-order valence-corrected chi connectivity index (χ3v) is 3.67. The maximum Gasteiger partial charge on any atom is 0.148 e. The van der Waals surface area contributed by atoms with Gasteiger partial charge in [-0.05, 0) is 26.8 Å². The minimum absolute atomic E-state index is 0.215. The first-order chi connectivity index (χ1) is 9.65. The molecule has 20 heavy (non-hydrogen) atoms. The number of aromatic nitrogens is 2. The lowest BCUT2D eigenvalue weighted by molar-refractivity contribution is 0.204. The van der Waals surface area contributed by atoms with Crippen LogP contribution < -0.4 is 16.2 Å². The minimum atomic E-state index is 0.215. The first-order valence-electron chi connectivity index (χ1n) is 7.05. The van der Waals surface area contributed by atoms with E-state index in [0.717, 1.165) is 56.4 Å². The highest BCUT2D eigenvalue weighted by molar-refractivity contribution is 5.58. The van der Waals surface area contributed by atoms with Crippen LogP contribution in [-0.4, -0.2) is 59.3 Å². The summed E-state index contributed by atoms with van der Waals surface area (Å²) in [5.74, 6) is 7.87. The van der Waals surface area contributed by atoms with Gasteiger partial charge in [0, 0.05) is 31.7 Å². The van der Waals surface area contributed by atoms with Crippen LogP contribution in [0.2, 0.25) is 0 Å². The molecule has 1 aromatic rings. The Morgan fingerprint density at radius 3 is 2.70 bits per heavy atom. The summed E-state index contributed by atoms with van der Waals surface area (Å²) in [6.07, 6.45) is 1.06. The SMILES string of the molecule is Cc1nc(NN)c(C)c(N2CCCN(CCO)CC2)n1. The van der Waals surface area contributed by atoms with E-state index in [-0.39, 0.29) is 6.61 Å². The third kappa shape index (κ3) is 3.36. The van der Waals surface area contributed by atoms with Gasteiger partial charge in [0.15, 0.2) is 0 Å². The number of nitrogens with zero attached hydrogens (tertiary/aromatic N) is 4. The largest absolute Gasteiger partial charge is 0.395 e. The van der Waals surface area contributed by atoms with Gasteiger partial charge in [0.25, 0.3) is 0 Å². The highest BCUT2D eigenvalue weighted by atomic mass is 16.3. The number of aryl methyl sites for hydroxylation is 1. The normalized spacial score (nSPS) is 17.1. The van der Waals surface area contributed by atoms with Gasteiger partial charge in [0.2, 0.25) is 0 Å². The van der Waals surface area contributed by atoms with Crippen LogP contribution in [0, 0.1) is 13.8 Å². The molecule has 0 atom stereocenters. The summed E-state index contributed by atoms with van der Waals surface area (Å²) in [6.45, 7) is 8.64. The summed E-state index contributed by atoms with van der Waals surface area (Å²) in [4.78, 5) is 13.4.